The summed E-state index contributed by atoms with van der Waals surface area (Å²) in [5.41, 5.74) is 3.94. The van der Waals surface area contributed by atoms with E-state index in [0.717, 1.165) is 11.4 Å². The molecule has 0 aliphatic heterocycles. The summed E-state index contributed by atoms with van der Waals surface area (Å²) in [4.78, 5) is 5.36. The van der Waals surface area contributed by atoms with E-state index in [9.17, 15) is 0 Å². The van der Waals surface area contributed by atoms with Crippen LogP contribution >= 0.6 is 11.8 Å². The van der Waals surface area contributed by atoms with Crippen LogP contribution in [0.15, 0.2) is 58.7 Å². The molecule has 1 aromatic heterocycles. The average molecular weight is 243 g/mol. The fourth-order valence-corrected chi connectivity index (χ4v) is 1.70. The van der Waals surface area contributed by atoms with Gasteiger partial charge in [-0.2, -0.15) is 5.10 Å². The maximum Gasteiger partial charge on any atom is 0.146 e. The number of anilines is 1. The smallest absolute Gasteiger partial charge is 0.146 e. The highest BCUT2D eigenvalue weighted by molar-refractivity contribution is 7.98. The number of rotatable bonds is 4. The molecule has 2 aromatic rings. The van der Waals surface area contributed by atoms with E-state index in [-0.39, 0.29) is 0 Å². The van der Waals surface area contributed by atoms with E-state index in [1.54, 1.807) is 24.2 Å². The standard InChI is InChI=1S/C13H13N3S/c1-17-12-7-5-11(6-8-12)10-15-16-13-4-2-3-9-14-13/h2-10H,1H3,(H,14,16). The van der Waals surface area contributed by atoms with Gasteiger partial charge in [0.25, 0.3) is 0 Å². The van der Waals surface area contributed by atoms with Crippen LogP contribution in [0.5, 0.6) is 0 Å². The molecule has 0 atom stereocenters. The summed E-state index contributed by atoms with van der Waals surface area (Å²) in [5, 5.41) is 4.12. The Morgan fingerprint density at radius 3 is 2.65 bits per heavy atom. The molecule has 1 heterocycles. The van der Waals surface area contributed by atoms with E-state index in [1.807, 2.05) is 30.3 Å². The van der Waals surface area contributed by atoms with Crippen molar-refractivity contribution in [1.29, 1.82) is 0 Å². The molecule has 1 aromatic carbocycles. The predicted molar refractivity (Wildman–Crippen MR) is 73.7 cm³/mol. The number of hydrogen-bond acceptors (Lipinski definition) is 4. The molecule has 2 rings (SSSR count). The van der Waals surface area contributed by atoms with E-state index in [2.05, 4.69) is 33.9 Å². The first-order valence-corrected chi connectivity index (χ1v) is 6.45. The average Bonchev–Trinajstić information content (AvgIpc) is 2.41. The van der Waals surface area contributed by atoms with Crippen molar-refractivity contribution in [1.82, 2.24) is 4.98 Å². The van der Waals surface area contributed by atoms with Gasteiger partial charge in [0.05, 0.1) is 6.21 Å². The fraction of sp³-hybridized carbons (Fsp3) is 0.0769. The van der Waals surface area contributed by atoms with Gasteiger partial charge < -0.3 is 0 Å². The van der Waals surface area contributed by atoms with Crippen molar-refractivity contribution >= 4 is 23.8 Å². The van der Waals surface area contributed by atoms with Gasteiger partial charge >= 0.3 is 0 Å². The Morgan fingerprint density at radius 1 is 1.18 bits per heavy atom. The van der Waals surface area contributed by atoms with Crippen molar-refractivity contribution in [2.45, 2.75) is 4.90 Å². The molecule has 0 bridgehead atoms. The molecule has 0 radical (unpaired) electrons. The van der Waals surface area contributed by atoms with Crippen molar-refractivity contribution in [2.24, 2.45) is 5.10 Å². The molecular formula is C13H13N3S. The first-order valence-electron chi connectivity index (χ1n) is 5.22. The van der Waals surface area contributed by atoms with Crippen molar-refractivity contribution in [3.63, 3.8) is 0 Å². The number of hydrazone groups is 1. The Kier molecular flexibility index (Phi) is 4.16. The Morgan fingerprint density at radius 2 is 2.00 bits per heavy atom. The number of pyridine rings is 1. The lowest BCUT2D eigenvalue weighted by atomic mass is 10.2. The molecule has 4 heteroatoms. The Balaban J connectivity index is 1.96. The summed E-state index contributed by atoms with van der Waals surface area (Å²) >= 11 is 1.73. The van der Waals surface area contributed by atoms with Crippen molar-refractivity contribution in [3.05, 3.63) is 54.2 Å². The minimum absolute atomic E-state index is 0.740. The second kappa shape index (κ2) is 6.06. The summed E-state index contributed by atoms with van der Waals surface area (Å²) in [6.07, 6.45) is 5.57. The highest BCUT2D eigenvalue weighted by Gasteiger charge is 1.90. The van der Waals surface area contributed by atoms with Gasteiger partial charge in [0.2, 0.25) is 0 Å². The molecule has 0 amide bonds. The van der Waals surface area contributed by atoms with Crippen LogP contribution in [0.25, 0.3) is 0 Å². The highest BCUT2D eigenvalue weighted by atomic mass is 32.2. The van der Waals surface area contributed by atoms with Gasteiger partial charge in [0, 0.05) is 11.1 Å². The van der Waals surface area contributed by atoms with Gasteiger partial charge in [-0.3, -0.25) is 5.43 Å². The second-order valence-corrected chi connectivity index (χ2v) is 4.24. The third-order valence-corrected chi connectivity index (χ3v) is 2.92. The van der Waals surface area contributed by atoms with E-state index in [0.29, 0.717) is 0 Å². The fourth-order valence-electron chi connectivity index (χ4n) is 1.29. The van der Waals surface area contributed by atoms with Crippen molar-refractivity contribution in [2.75, 3.05) is 11.7 Å². The maximum atomic E-state index is 4.12. The highest BCUT2D eigenvalue weighted by Crippen LogP contribution is 2.13. The molecule has 0 saturated carbocycles. The van der Waals surface area contributed by atoms with Crippen molar-refractivity contribution < 1.29 is 0 Å². The lowest BCUT2D eigenvalue weighted by Gasteiger charge is -1.98. The number of hydrogen-bond donors (Lipinski definition) is 1. The summed E-state index contributed by atoms with van der Waals surface area (Å²) in [6.45, 7) is 0. The number of thioether (sulfide) groups is 1. The second-order valence-electron chi connectivity index (χ2n) is 3.36. The molecule has 0 fully saturated rings. The lowest BCUT2D eigenvalue weighted by molar-refractivity contribution is 1.23. The van der Waals surface area contributed by atoms with E-state index in [4.69, 9.17) is 0 Å². The van der Waals surface area contributed by atoms with Crippen LogP contribution in [0.3, 0.4) is 0 Å². The zero-order valence-corrected chi connectivity index (χ0v) is 10.3. The summed E-state index contributed by atoms with van der Waals surface area (Å²) in [5.74, 6) is 0.740. The SMILES string of the molecule is CSc1ccc(C=NNc2ccccn2)cc1. The van der Waals surface area contributed by atoms with Crippen LogP contribution in [0, 0.1) is 0 Å². The molecule has 0 spiro atoms. The predicted octanol–water partition coefficient (Wildman–Crippen LogP) is 3.25. The zero-order chi connectivity index (χ0) is 11.9. The molecule has 0 aliphatic rings. The molecule has 0 aliphatic carbocycles. The largest absolute Gasteiger partial charge is 0.261 e. The van der Waals surface area contributed by atoms with Gasteiger partial charge in [0.1, 0.15) is 5.82 Å². The number of nitrogens with zero attached hydrogens (tertiary/aromatic N) is 2. The number of benzene rings is 1. The topological polar surface area (TPSA) is 37.3 Å². The first-order chi connectivity index (χ1) is 8.38. The number of aromatic nitrogens is 1. The molecule has 1 N–H and O–H groups in total. The van der Waals surface area contributed by atoms with Gasteiger partial charge in [0.15, 0.2) is 0 Å². The third kappa shape index (κ3) is 3.60. The van der Waals surface area contributed by atoms with Gasteiger partial charge in [-0.05, 0) is 36.1 Å². The van der Waals surface area contributed by atoms with Gasteiger partial charge in [-0.1, -0.05) is 18.2 Å². The first kappa shape index (κ1) is 11.7. The monoisotopic (exact) mass is 243 g/mol. The normalized spacial score (nSPS) is 10.6. The maximum absolute atomic E-state index is 4.12. The van der Waals surface area contributed by atoms with Crippen LogP contribution in [-0.2, 0) is 0 Å². The van der Waals surface area contributed by atoms with Crippen LogP contribution in [0.4, 0.5) is 5.82 Å². The molecule has 17 heavy (non-hydrogen) atoms. The Bertz CT molecular complexity index is 480. The summed E-state index contributed by atoms with van der Waals surface area (Å²) < 4.78 is 0. The minimum Gasteiger partial charge on any atom is -0.261 e. The van der Waals surface area contributed by atoms with Crippen LogP contribution in [0.2, 0.25) is 0 Å². The molecule has 3 nitrogen and oxygen atoms in total. The van der Waals surface area contributed by atoms with E-state index < -0.39 is 0 Å². The summed E-state index contributed by atoms with van der Waals surface area (Å²) in [7, 11) is 0. The number of nitrogens with one attached hydrogen (secondary N) is 1. The van der Waals surface area contributed by atoms with E-state index in [1.165, 1.54) is 4.90 Å². The van der Waals surface area contributed by atoms with Gasteiger partial charge in [-0.15, -0.1) is 11.8 Å². The summed E-state index contributed by atoms with van der Waals surface area (Å²) in [6, 6.07) is 13.9. The van der Waals surface area contributed by atoms with Gasteiger partial charge in [-0.25, -0.2) is 4.98 Å². The molecular weight excluding hydrogens is 230 g/mol. The lowest BCUT2D eigenvalue weighted by Crippen LogP contribution is -1.92. The zero-order valence-electron chi connectivity index (χ0n) is 9.50. The van der Waals surface area contributed by atoms with Crippen LogP contribution in [0.1, 0.15) is 5.56 Å². The third-order valence-electron chi connectivity index (χ3n) is 2.17. The van der Waals surface area contributed by atoms with Crippen LogP contribution in [-0.4, -0.2) is 17.5 Å². The quantitative estimate of drug-likeness (QED) is 0.509. The van der Waals surface area contributed by atoms with Crippen LogP contribution < -0.4 is 5.43 Å². The Labute approximate surface area is 105 Å². The van der Waals surface area contributed by atoms with E-state index >= 15 is 0 Å². The molecule has 86 valence electrons. The minimum atomic E-state index is 0.740. The molecule has 0 saturated heterocycles. The Hall–Kier alpha value is -1.81. The van der Waals surface area contributed by atoms with Crippen molar-refractivity contribution in [3.8, 4) is 0 Å². The molecule has 0 unspecified atom stereocenters.